The maximum Gasteiger partial charge on any atom is 0.337 e. The molecule has 4 rings (SSSR count). The van der Waals surface area contributed by atoms with Crippen LogP contribution in [0.25, 0.3) is 16.9 Å². The molecule has 0 atom stereocenters. The Morgan fingerprint density at radius 1 is 1.04 bits per heavy atom. The molecular weight excluding hydrogens is 366 g/mol. The number of methoxy groups -OCH3 is 1. The molecule has 0 aliphatic carbocycles. The van der Waals surface area contributed by atoms with Gasteiger partial charge in [0.15, 0.2) is 17.0 Å². The molecule has 0 unspecified atom stereocenters. The topological polar surface area (TPSA) is 81.9 Å². The van der Waals surface area contributed by atoms with Gasteiger partial charge in [0.1, 0.15) is 12.7 Å². The second kappa shape index (κ2) is 7.05. The summed E-state index contributed by atoms with van der Waals surface area (Å²) in [6, 6.07) is 14.3. The summed E-state index contributed by atoms with van der Waals surface area (Å²) >= 11 is 5.96. The van der Waals surface area contributed by atoms with Crippen LogP contribution in [-0.4, -0.2) is 32.6 Å². The third-order valence-electron chi connectivity index (χ3n) is 4.01. The molecule has 2 aromatic carbocycles. The molecular formula is C19H14ClN5O2. The van der Waals surface area contributed by atoms with Gasteiger partial charge in [0.25, 0.3) is 0 Å². The summed E-state index contributed by atoms with van der Waals surface area (Å²) in [4.78, 5) is 24.6. The van der Waals surface area contributed by atoms with Crippen molar-refractivity contribution in [3.8, 4) is 5.69 Å². The van der Waals surface area contributed by atoms with E-state index in [0.717, 1.165) is 11.4 Å². The van der Waals surface area contributed by atoms with Crippen LogP contribution in [-0.2, 0) is 4.74 Å². The third kappa shape index (κ3) is 3.32. The van der Waals surface area contributed by atoms with Crippen molar-refractivity contribution in [3.63, 3.8) is 0 Å². The largest absolute Gasteiger partial charge is 0.465 e. The molecule has 0 amide bonds. The molecule has 134 valence electrons. The van der Waals surface area contributed by atoms with Crippen LogP contribution in [0, 0.1) is 0 Å². The lowest BCUT2D eigenvalue weighted by Gasteiger charge is -2.07. The fraction of sp³-hybridized carbons (Fsp3) is 0.0526. The zero-order chi connectivity index (χ0) is 18.8. The average molecular weight is 380 g/mol. The highest BCUT2D eigenvalue weighted by Gasteiger charge is 2.12. The van der Waals surface area contributed by atoms with E-state index in [-0.39, 0.29) is 5.97 Å². The lowest BCUT2D eigenvalue weighted by molar-refractivity contribution is 0.0601. The molecule has 0 saturated carbocycles. The normalized spacial score (nSPS) is 10.7. The number of nitrogens with zero attached hydrogens (tertiary/aromatic N) is 4. The number of nitrogens with one attached hydrogen (secondary N) is 1. The molecule has 0 aliphatic rings. The molecule has 0 bridgehead atoms. The summed E-state index contributed by atoms with van der Waals surface area (Å²) in [5.74, 6) is 0.186. The van der Waals surface area contributed by atoms with Crippen molar-refractivity contribution in [2.24, 2.45) is 0 Å². The fourth-order valence-corrected chi connectivity index (χ4v) is 2.79. The van der Waals surface area contributed by atoms with Crippen LogP contribution in [0.3, 0.4) is 0 Å². The van der Waals surface area contributed by atoms with Gasteiger partial charge in [-0.1, -0.05) is 11.6 Å². The molecule has 0 radical (unpaired) electrons. The van der Waals surface area contributed by atoms with Crippen LogP contribution in [0.2, 0.25) is 5.02 Å². The van der Waals surface area contributed by atoms with Crippen LogP contribution in [0.15, 0.2) is 61.2 Å². The molecule has 0 spiro atoms. The number of aromatic nitrogens is 4. The van der Waals surface area contributed by atoms with Gasteiger partial charge in [-0.25, -0.2) is 19.7 Å². The quantitative estimate of drug-likeness (QED) is 0.540. The number of ether oxygens (including phenoxy) is 1. The maximum atomic E-state index is 11.5. The highest BCUT2D eigenvalue weighted by Crippen LogP contribution is 2.24. The third-order valence-corrected chi connectivity index (χ3v) is 4.26. The van der Waals surface area contributed by atoms with Crippen LogP contribution in [0.5, 0.6) is 0 Å². The van der Waals surface area contributed by atoms with Crippen molar-refractivity contribution in [1.82, 2.24) is 19.5 Å². The molecule has 2 aromatic heterocycles. The van der Waals surface area contributed by atoms with E-state index in [4.69, 9.17) is 16.3 Å². The molecule has 8 heteroatoms. The highest BCUT2D eigenvalue weighted by molar-refractivity contribution is 6.30. The molecule has 4 aromatic rings. The summed E-state index contributed by atoms with van der Waals surface area (Å²) in [6.07, 6.45) is 3.16. The first kappa shape index (κ1) is 17.0. The van der Waals surface area contributed by atoms with Crippen LogP contribution >= 0.6 is 11.6 Å². The Bertz CT molecular complexity index is 1110. The number of carbonyl (C=O) groups excluding carboxylic acids is 1. The number of benzene rings is 2. The zero-order valence-electron chi connectivity index (χ0n) is 14.3. The number of rotatable bonds is 4. The standard InChI is InChI=1S/C19H14ClN5O2/c1-27-19(26)12-2-6-14(7-3-12)24-17-16-18(22-10-21-17)25(11-23-16)15-8-4-13(20)5-9-15/h2-11H,1H3,(H,21,22,24). The van der Waals surface area contributed by atoms with Crippen molar-refractivity contribution in [2.45, 2.75) is 0 Å². The number of hydrogen-bond acceptors (Lipinski definition) is 6. The van der Waals surface area contributed by atoms with Gasteiger partial charge in [0.05, 0.1) is 12.7 Å². The van der Waals surface area contributed by atoms with E-state index in [2.05, 4.69) is 20.3 Å². The highest BCUT2D eigenvalue weighted by atomic mass is 35.5. The molecule has 0 aliphatic heterocycles. The number of halogens is 1. The van der Waals surface area contributed by atoms with E-state index in [1.807, 2.05) is 28.8 Å². The minimum absolute atomic E-state index is 0.382. The average Bonchev–Trinajstić information content (AvgIpc) is 3.14. The van der Waals surface area contributed by atoms with Gasteiger partial charge in [-0.3, -0.25) is 4.57 Å². The Morgan fingerprint density at radius 3 is 2.48 bits per heavy atom. The van der Waals surface area contributed by atoms with Crippen molar-refractivity contribution in [2.75, 3.05) is 12.4 Å². The minimum Gasteiger partial charge on any atom is -0.465 e. The van der Waals surface area contributed by atoms with Crippen LogP contribution in [0.4, 0.5) is 11.5 Å². The molecule has 1 N–H and O–H groups in total. The number of hydrogen-bond donors (Lipinski definition) is 1. The Kier molecular flexibility index (Phi) is 4.43. The Balaban J connectivity index is 1.67. The number of fused-ring (bicyclic) bond motifs is 1. The van der Waals surface area contributed by atoms with E-state index in [9.17, 15) is 4.79 Å². The van der Waals surface area contributed by atoms with E-state index >= 15 is 0 Å². The van der Waals surface area contributed by atoms with Crippen molar-refractivity contribution in [3.05, 3.63) is 71.8 Å². The van der Waals surface area contributed by atoms with E-state index in [1.165, 1.54) is 13.4 Å². The predicted octanol–water partition coefficient (Wildman–Crippen LogP) is 4.00. The molecule has 0 fully saturated rings. The Hall–Kier alpha value is -3.45. The Labute approximate surface area is 159 Å². The number of esters is 1. The van der Waals surface area contributed by atoms with Crippen molar-refractivity contribution < 1.29 is 9.53 Å². The minimum atomic E-state index is -0.382. The van der Waals surface area contributed by atoms with Gasteiger partial charge in [-0.15, -0.1) is 0 Å². The summed E-state index contributed by atoms with van der Waals surface area (Å²) in [6.45, 7) is 0. The van der Waals surface area contributed by atoms with E-state index in [0.29, 0.717) is 27.6 Å². The first-order valence-corrected chi connectivity index (χ1v) is 8.43. The summed E-state index contributed by atoms with van der Waals surface area (Å²) in [7, 11) is 1.35. The summed E-state index contributed by atoms with van der Waals surface area (Å²) < 4.78 is 6.56. The van der Waals surface area contributed by atoms with Gasteiger partial charge in [0.2, 0.25) is 0 Å². The first-order chi connectivity index (χ1) is 13.2. The lowest BCUT2D eigenvalue weighted by Crippen LogP contribution is -2.01. The lowest BCUT2D eigenvalue weighted by atomic mass is 10.2. The second-order valence-corrected chi connectivity index (χ2v) is 6.12. The monoisotopic (exact) mass is 379 g/mol. The van der Waals surface area contributed by atoms with Crippen molar-refractivity contribution >= 4 is 40.2 Å². The smallest absolute Gasteiger partial charge is 0.337 e. The zero-order valence-corrected chi connectivity index (χ0v) is 15.0. The van der Waals surface area contributed by atoms with Gasteiger partial charge in [-0.2, -0.15) is 0 Å². The van der Waals surface area contributed by atoms with E-state index < -0.39 is 0 Å². The molecule has 27 heavy (non-hydrogen) atoms. The summed E-state index contributed by atoms with van der Waals surface area (Å²) in [5.41, 5.74) is 3.44. The van der Waals surface area contributed by atoms with Crippen molar-refractivity contribution in [1.29, 1.82) is 0 Å². The molecule has 7 nitrogen and oxygen atoms in total. The number of imidazole rings is 1. The first-order valence-electron chi connectivity index (χ1n) is 8.05. The maximum absolute atomic E-state index is 11.5. The number of anilines is 2. The SMILES string of the molecule is COC(=O)c1ccc(Nc2ncnc3c2ncn3-c2ccc(Cl)cc2)cc1. The Morgan fingerprint density at radius 2 is 1.78 bits per heavy atom. The summed E-state index contributed by atoms with van der Waals surface area (Å²) in [5, 5.41) is 3.87. The second-order valence-electron chi connectivity index (χ2n) is 5.68. The van der Waals surface area contributed by atoms with Gasteiger partial charge >= 0.3 is 5.97 Å². The van der Waals surface area contributed by atoms with Crippen LogP contribution in [0.1, 0.15) is 10.4 Å². The molecule has 2 heterocycles. The van der Waals surface area contributed by atoms with Crippen LogP contribution < -0.4 is 5.32 Å². The number of carbonyl (C=O) groups is 1. The van der Waals surface area contributed by atoms with Gasteiger partial charge < -0.3 is 10.1 Å². The van der Waals surface area contributed by atoms with E-state index in [1.54, 1.807) is 30.6 Å². The fourth-order valence-electron chi connectivity index (χ4n) is 2.66. The predicted molar refractivity (Wildman–Crippen MR) is 103 cm³/mol. The van der Waals surface area contributed by atoms with Gasteiger partial charge in [-0.05, 0) is 48.5 Å². The van der Waals surface area contributed by atoms with Gasteiger partial charge in [0, 0.05) is 16.4 Å². The molecule has 0 saturated heterocycles.